The second-order valence-corrected chi connectivity index (χ2v) is 1.38. The predicted octanol–water partition coefficient (Wildman–Crippen LogP) is 0.958. The highest BCUT2D eigenvalue weighted by Crippen LogP contribution is 2.03. The SMILES string of the molecule is CCC(=C(O)O)[N+](=O)[O-]. The van der Waals surface area contributed by atoms with Crippen molar-refractivity contribution in [3.8, 4) is 0 Å². The maximum Gasteiger partial charge on any atom is 0.351 e. The van der Waals surface area contributed by atoms with Gasteiger partial charge in [0, 0.05) is 6.42 Å². The van der Waals surface area contributed by atoms with Gasteiger partial charge in [-0.1, -0.05) is 6.92 Å². The average Bonchev–Trinajstić information content (AvgIpc) is 1.64. The van der Waals surface area contributed by atoms with Gasteiger partial charge < -0.3 is 10.2 Å². The molecule has 0 aromatic carbocycles. The second-order valence-electron chi connectivity index (χ2n) is 1.38. The van der Waals surface area contributed by atoms with Gasteiger partial charge >= 0.3 is 11.6 Å². The lowest BCUT2D eigenvalue weighted by molar-refractivity contribution is -0.433. The fourth-order valence-electron chi connectivity index (χ4n) is 0.369. The van der Waals surface area contributed by atoms with E-state index in [9.17, 15) is 10.1 Å². The molecule has 0 aliphatic carbocycles. The Kier molecular flexibility index (Phi) is 2.50. The van der Waals surface area contributed by atoms with Gasteiger partial charge in [0.1, 0.15) is 0 Å². The van der Waals surface area contributed by atoms with Gasteiger partial charge in [-0.25, -0.2) is 0 Å². The standard InChI is InChI=1S/C4H7NO4/c1-2-3(4(6)7)5(8)9/h6-7H,2H2,1H3. The number of hydrogen-bond donors (Lipinski definition) is 2. The lowest BCUT2D eigenvalue weighted by Gasteiger charge is -1.91. The van der Waals surface area contributed by atoms with Crippen LogP contribution >= 0.6 is 0 Å². The van der Waals surface area contributed by atoms with E-state index in [-0.39, 0.29) is 6.42 Å². The number of rotatable bonds is 2. The Hall–Kier alpha value is -1.26. The number of aliphatic hydroxyl groups excluding tert-OH is 1. The van der Waals surface area contributed by atoms with E-state index in [4.69, 9.17) is 10.2 Å². The van der Waals surface area contributed by atoms with E-state index >= 15 is 0 Å². The fraction of sp³-hybridized carbons (Fsp3) is 0.500. The Labute approximate surface area is 51.4 Å². The molecule has 5 nitrogen and oxygen atoms in total. The van der Waals surface area contributed by atoms with Crippen LogP contribution in [0.1, 0.15) is 13.3 Å². The molecule has 0 aliphatic rings. The third-order valence-corrected chi connectivity index (χ3v) is 0.813. The lowest BCUT2D eigenvalue weighted by Crippen LogP contribution is -2.01. The summed E-state index contributed by atoms with van der Waals surface area (Å²) < 4.78 is 0. The van der Waals surface area contributed by atoms with E-state index in [1.54, 1.807) is 0 Å². The molecule has 0 aliphatic heterocycles. The van der Waals surface area contributed by atoms with Crippen LogP contribution in [0.2, 0.25) is 0 Å². The molecule has 2 N–H and O–H groups in total. The minimum Gasteiger partial charge on any atom is -0.476 e. The van der Waals surface area contributed by atoms with Crippen LogP contribution in [0, 0.1) is 10.1 Å². The van der Waals surface area contributed by atoms with Crippen LogP contribution in [0.15, 0.2) is 11.6 Å². The first-order chi connectivity index (χ1) is 4.09. The Bertz CT molecular complexity index is 147. The van der Waals surface area contributed by atoms with Crippen LogP contribution in [-0.4, -0.2) is 15.1 Å². The van der Waals surface area contributed by atoms with Crippen molar-refractivity contribution in [3.05, 3.63) is 21.8 Å². The summed E-state index contributed by atoms with van der Waals surface area (Å²) in [6.07, 6.45) is 0.00926. The van der Waals surface area contributed by atoms with E-state index in [0.717, 1.165) is 0 Å². The van der Waals surface area contributed by atoms with Gasteiger partial charge in [-0.3, -0.25) is 10.1 Å². The number of allylic oxidation sites excluding steroid dienone is 1. The molecule has 0 rings (SSSR count). The number of nitrogens with zero attached hydrogens (tertiary/aromatic N) is 1. The van der Waals surface area contributed by atoms with Crippen LogP contribution in [0.25, 0.3) is 0 Å². The summed E-state index contributed by atoms with van der Waals surface area (Å²) >= 11 is 0. The molecule has 0 saturated heterocycles. The zero-order valence-electron chi connectivity index (χ0n) is 4.87. The van der Waals surface area contributed by atoms with E-state index in [2.05, 4.69) is 0 Å². The minimum atomic E-state index is -1.21. The molecule has 5 heteroatoms. The van der Waals surface area contributed by atoms with Gasteiger partial charge in [0.2, 0.25) is 0 Å². The van der Waals surface area contributed by atoms with Crippen LogP contribution in [0.3, 0.4) is 0 Å². The summed E-state index contributed by atoms with van der Waals surface area (Å²) in [6.45, 7) is 1.46. The first-order valence-corrected chi connectivity index (χ1v) is 2.35. The summed E-state index contributed by atoms with van der Waals surface area (Å²) in [6, 6.07) is 0. The zero-order chi connectivity index (χ0) is 7.44. The molecule has 0 atom stereocenters. The van der Waals surface area contributed by atoms with Crippen molar-refractivity contribution in [1.29, 1.82) is 0 Å². The van der Waals surface area contributed by atoms with Gasteiger partial charge in [0.05, 0.1) is 4.92 Å². The highest BCUT2D eigenvalue weighted by atomic mass is 16.6. The van der Waals surface area contributed by atoms with Crippen LogP contribution in [0.5, 0.6) is 0 Å². The Morgan fingerprint density at radius 3 is 2.11 bits per heavy atom. The molecule has 0 aromatic heterocycles. The summed E-state index contributed by atoms with van der Waals surface area (Å²) in [5.74, 6) is -1.21. The molecule has 0 saturated carbocycles. The van der Waals surface area contributed by atoms with Crippen LogP contribution < -0.4 is 0 Å². The maximum atomic E-state index is 9.80. The van der Waals surface area contributed by atoms with Crippen molar-refractivity contribution in [2.75, 3.05) is 0 Å². The van der Waals surface area contributed by atoms with Crippen molar-refractivity contribution >= 4 is 0 Å². The van der Waals surface area contributed by atoms with Gasteiger partial charge in [0.25, 0.3) is 0 Å². The molecular formula is C4H7NO4. The van der Waals surface area contributed by atoms with Crippen LogP contribution in [-0.2, 0) is 0 Å². The van der Waals surface area contributed by atoms with Crippen molar-refractivity contribution in [1.82, 2.24) is 0 Å². The van der Waals surface area contributed by atoms with Crippen molar-refractivity contribution in [2.24, 2.45) is 0 Å². The monoisotopic (exact) mass is 133 g/mol. The van der Waals surface area contributed by atoms with Crippen LogP contribution in [0.4, 0.5) is 0 Å². The highest BCUT2D eigenvalue weighted by Gasteiger charge is 2.13. The third kappa shape index (κ3) is 1.98. The molecule has 9 heavy (non-hydrogen) atoms. The predicted molar refractivity (Wildman–Crippen MR) is 29.6 cm³/mol. The first-order valence-electron chi connectivity index (χ1n) is 2.35. The summed E-state index contributed by atoms with van der Waals surface area (Å²) in [4.78, 5) is 8.98. The molecule has 0 aromatic rings. The topological polar surface area (TPSA) is 83.6 Å². The molecule has 0 bridgehead atoms. The molecule has 0 radical (unpaired) electrons. The molecule has 52 valence electrons. The molecule has 0 fully saturated rings. The molecule has 0 amide bonds. The largest absolute Gasteiger partial charge is 0.476 e. The number of nitro groups is 1. The van der Waals surface area contributed by atoms with Gasteiger partial charge in [-0.2, -0.15) is 0 Å². The number of hydrogen-bond acceptors (Lipinski definition) is 4. The van der Waals surface area contributed by atoms with E-state index in [1.807, 2.05) is 0 Å². The van der Waals surface area contributed by atoms with E-state index in [0.29, 0.717) is 0 Å². The lowest BCUT2D eigenvalue weighted by atomic mass is 10.4. The van der Waals surface area contributed by atoms with E-state index in [1.165, 1.54) is 6.92 Å². The first kappa shape index (κ1) is 7.74. The van der Waals surface area contributed by atoms with Gasteiger partial charge in [0.15, 0.2) is 0 Å². The van der Waals surface area contributed by atoms with E-state index < -0.39 is 16.6 Å². The molecule has 0 unspecified atom stereocenters. The Morgan fingerprint density at radius 2 is 2.11 bits per heavy atom. The average molecular weight is 133 g/mol. The molecule has 0 heterocycles. The third-order valence-electron chi connectivity index (χ3n) is 0.813. The summed E-state index contributed by atoms with van der Waals surface area (Å²) in [7, 11) is 0. The highest BCUT2D eigenvalue weighted by molar-refractivity contribution is 4.88. The molecule has 0 spiro atoms. The quantitative estimate of drug-likeness (QED) is 0.334. The zero-order valence-corrected chi connectivity index (χ0v) is 4.87. The number of aliphatic hydroxyl groups is 2. The summed E-state index contributed by atoms with van der Waals surface area (Å²) in [5.41, 5.74) is -0.560. The van der Waals surface area contributed by atoms with Crippen molar-refractivity contribution < 1.29 is 15.1 Å². The maximum absolute atomic E-state index is 9.80. The van der Waals surface area contributed by atoms with Crippen molar-refractivity contribution in [2.45, 2.75) is 13.3 Å². The Morgan fingerprint density at radius 1 is 1.67 bits per heavy atom. The van der Waals surface area contributed by atoms with Crippen molar-refractivity contribution in [3.63, 3.8) is 0 Å². The molecular weight excluding hydrogens is 126 g/mol. The normalized spacial score (nSPS) is 8.56. The Balaban J connectivity index is 4.35. The van der Waals surface area contributed by atoms with Gasteiger partial charge in [-0.05, 0) is 0 Å². The van der Waals surface area contributed by atoms with Gasteiger partial charge in [-0.15, -0.1) is 0 Å². The second kappa shape index (κ2) is 2.91. The smallest absolute Gasteiger partial charge is 0.351 e. The summed E-state index contributed by atoms with van der Waals surface area (Å²) in [5, 5.41) is 26.2. The fourth-order valence-corrected chi connectivity index (χ4v) is 0.369. The minimum absolute atomic E-state index is 0.00926.